The van der Waals surface area contributed by atoms with Crippen molar-refractivity contribution in [1.82, 2.24) is 29.8 Å². The standard InChI is InChI=1S/C20H17F2N7OS/c1-2-9-28-18(11-29-17-6-4-3-5-16(17)24-27-29)25-26-20(28)31-12-19(30)23-15-8-7-13(21)10-14(15)22/h2-8,10H,1,9,11-12H2,(H,23,30). The van der Waals surface area contributed by atoms with Crippen LogP contribution in [0.3, 0.4) is 0 Å². The molecule has 8 nitrogen and oxygen atoms in total. The maximum Gasteiger partial charge on any atom is 0.234 e. The molecule has 158 valence electrons. The first-order valence-electron chi connectivity index (χ1n) is 9.24. The predicted molar refractivity (Wildman–Crippen MR) is 113 cm³/mol. The Bertz CT molecular complexity index is 1250. The van der Waals surface area contributed by atoms with Crippen molar-refractivity contribution in [2.24, 2.45) is 0 Å². The fourth-order valence-corrected chi connectivity index (χ4v) is 3.70. The third-order valence-electron chi connectivity index (χ3n) is 4.35. The van der Waals surface area contributed by atoms with Gasteiger partial charge in [-0.15, -0.1) is 21.9 Å². The van der Waals surface area contributed by atoms with Gasteiger partial charge in [0.2, 0.25) is 5.91 Å². The van der Waals surface area contributed by atoms with E-state index < -0.39 is 17.5 Å². The van der Waals surface area contributed by atoms with E-state index in [0.717, 1.165) is 28.9 Å². The number of hydrogen-bond acceptors (Lipinski definition) is 6. The van der Waals surface area contributed by atoms with E-state index in [0.29, 0.717) is 30.1 Å². The quantitative estimate of drug-likeness (QED) is 0.333. The van der Waals surface area contributed by atoms with Gasteiger partial charge in [-0.05, 0) is 24.3 Å². The first kappa shape index (κ1) is 20.7. The molecule has 0 fully saturated rings. The lowest BCUT2D eigenvalue weighted by Gasteiger charge is -2.09. The molecule has 1 amide bonds. The van der Waals surface area contributed by atoms with E-state index >= 15 is 0 Å². The summed E-state index contributed by atoms with van der Waals surface area (Å²) in [6.45, 7) is 4.54. The van der Waals surface area contributed by atoms with Crippen molar-refractivity contribution in [1.29, 1.82) is 0 Å². The lowest BCUT2D eigenvalue weighted by molar-refractivity contribution is -0.113. The summed E-state index contributed by atoms with van der Waals surface area (Å²) in [5, 5.41) is 19.6. The van der Waals surface area contributed by atoms with Crippen molar-refractivity contribution in [3.05, 3.63) is 72.6 Å². The van der Waals surface area contributed by atoms with Crippen LogP contribution in [0.25, 0.3) is 11.0 Å². The number of halogens is 2. The Balaban J connectivity index is 1.47. The summed E-state index contributed by atoms with van der Waals surface area (Å²) >= 11 is 1.15. The van der Waals surface area contributed by atoms with Crippen LogP contribution >= 0.6 is 11.8 Å². The number of carbonyl (C=O) groups excluding carboxylic acids is 1. The molecule has 2 aromatic carbocycles. The van der Waals surface area contributed by atoms with Gasteiger partial charge in [-0.1, -0.05) is 35.2 Å². The average Bonchev–Trinajstić information content (AvgIpc) is 3.34. The second kappa shape index (κ2) is 9.04. The molecule has 0 aliphatic carbocycles. The van der Waals surface area contributed by atoms with E-state index in [1.807, 2.05) is 28.8 Å². The highest BCUT2D eigenvalue weighted by molar-refractivity contribution is 7.99. The van der Waals surface area contributed by atoms with Gasteiger partial charge in [0.25, 0.3) is 0 Å². The molecule has 4 rings (SSSR count). The Morgan fingerprint density at radius 3 is 2.81 bits per heavy atom. The second-order valence-corrected chi connectivity index (χ2v) is 7.44. The molecule has 4 aromatic rings. The van der Waals surface area contributed by atoms with Crippen LogP contribution in [-0.4, -0.2) is 41.4 Å². The van der Waals surface area contributed by atoms with Crippen LogP contribution < -0.4 is 5.32 Å². The maximum atomic E-state index is 13.7. The van der Waals surface area contributed by atoms with Crippen LogP contribution in [0.4, 0.5) is 14.5 Å². The number of hydrogen-bond donors (Lipinski definition) is 1. The summed E-state index contributed by atoms with van der Waals surface area (Å²) < 4.78 is 30.3. The van der Waals surface area contributed by atoms with Gasteiger partial charge in [0.05, 0.1) is 17.0 Å². The summed E-state index contributed by atoms with van der Waals surface area (Å²) in [5.74, 6) is -1.40. The largest absolute Gasteiger partial charge is 0.323 e. The smallest absolute Gasteiger partial charge is 0.234 e. The van der Waals surface area contributed by atoms with Crippen molar-refractivity contribution in [3.63, 3.8) is 0 Å². The molecule has 0 aliphatic rings. The SMILES string of the molecule is C=CCn1c(Cn2nnc3ccccc32)nnc1SCC(=O)Nc1ccc(F)cc1F. The minimum atomic E-state index is -0.837. The van der Waals surface area contributed by atoms with E-state index in [4.69, 9.17) is 0 Å². The molecule has 0 atom stereocenters. The highest BCUT2D eigenvalue weighted by Gasteiger charge is 2.16. The first-order chi connectivity index (χ1) is 15.0. The molecular formula is C20H17F2N7OS. The number of para-hydroxylation sites is 1. The van der Waals surface area contributed by atoms with Crippen molar-refractivity contribution >= 4 is 34.4 Å². The number of allylic oxidation sites excluding steroid dienone is 1. The topological polar surface area (TPSA) is 90.5 Å². The minimum absolute atomic E-state index is 0.0294. The van der Waals surface area contributed by atoms with Gasteiger partial charge in [-0.2, -0.15) is 0 Å². The number of rotatable bonds is 8. The lowest BCUT2D eigenvalue weighted by Crippen LogP contribution is -2.16. The van der Waals surface area contributed by atoms with Crippen LogP contribution in [-0.2, 0) is 17.9 Å². The van der Waals surface area contributed by atoms with Gasteiger partial charge < -0.3 is 9.88 Å². The highest BCUT2D eigenvalue weighted by Crippen LogP contribution is 2.20. The molecule has 0 saturated carbocycles. The predicted octanol–water partition coefficient (Wildman–Crippen LogP) is 3.27. The lowest BCUT2D eigenvalue weighted by atomic mass is 10.3. The van der Waals surface area contributed by atoms with Gasteiger partial charge in [0.15, 0.2) is 11.0 Å². The fraction of sp³-hybridized carbons (Fsp3) is 0.150. The van der Waals surface area contributed by atoms with E-state index in [1.54, 1.807) is 10.8 Å². The normalized spacial score (nSPS) is 11.0. The fourth-order valence-electron chi connectivity index (χ4n) is 2.93. The number of carbonyl (C=O) groups is 1. The summed E-state index contributed by atoms with van der Waals surface area (Å²) in [4.78, 5) is 12.2. The monoisotopic (exact) mass is 441 g/mol. The molecule has 0 spiro atoms. The van der Waals surface area contributed by atoms with Crippen molar-refractivity contribution in [2.75, 3.05) is 11.1 Å². The molecule has 0 unspecified atom stereocenters. The molecule has 2 aromatic heterocycles. The Hall–Kier alpha value is -3.60. The molecule has 0 aliphatic heterocycles. The number of benzene rings is 2. The number of fused-ring (bicyclic) bond motifs is 1. The number of nitrogens with one attached hydrogen (secondary N) is 1. The third-order valence-corrected chi connectivity index (χ3v) is 5.32. The Morgan fingerprint density at radius 2 is 2.00 bits per heavy atom. The Labute approximate surface area is 180 Å². The zero-order chi connectivity index (χ0) is 21.8. The Kier molecular flexibility index (Phi) is 6.03. The van der Waals surface area contributed by atoms with Gasteiger partial charge in [-0.3, -0.25) is 4.79 Å². The van der Waals surface area contributed by atoms with Crippen LogP contribution in [0, 0.1) is 11.6 Å². The molecular weight excluding hydrogens is 424 g/mol. The summed E-state index contributed by atoms with van der Waals surface area (Å²) in [7, 11) is 0. The van der Waals surface area contributed by atoms with Gasteiger partial charge in [0.1, 0.15) is 23.7 Å². The van der Waals surface area contributed by atoms with Crippen LogP contribution in [0.15, 0.2) is 60.3 Å². The average molecular weight is 441 g/mol. The van der Waals surface area contributed by atoms with E-state index in [9.17, 15) is 13.6 Å². The number of aromatic nitrogens is 6. The molecule has 0 bridgehead atoms. The number of anilines is 1. The minimum Gasteiger partial charge on any atom is -0.323 e. The van der Waals surface area contributed by atoms with Crippen molar-refractivity contribution < 1.29 is 13.6 Å². The molecule has 11 heteroatoms. The molecule has 2 heterocycles. The molecule has 0 saturated heterocycles. The molecule has 1 N–H and O–H groups in total. The van der Waals surface area contributed by atoms with E-state index in [-0.39, 0.29) is 11.4 Å². The number of nitrogens with zero attached hydrogens (tertiary/aromatic N) is 6. The van der Waals surface area contributed by atoms with Crippen molar-refractivity contribution in [2.45, 2.75) is 18.2 Å². The Morgan fingerprint density at radius 1 is 1.16 bits per heavy atom. The summed E-state index contributed by atoms with van der Waals surface area (Å²) in [6.07, 6.45) is 1.70. The number of amides is 1. The second-order valence-electron chi connectivity index (χ2n) is 6.49. The van der Waals surface area contributed by atoms with E-state index in [2.05, 4.69) is 32.4 Å². The zero-order valence-electron chi connectivity index (χ0n) is 16.2. The van der Waals surface area contributed by atoms with Crippen molar-refractivity contribution in [3.8, 4) is 0 Å². The van der Waals surface area contributed by atoms with Gasteiger partial charge in [0, 0.05) is 12.6 Å². The molecule has 31 heavy (non-hydrogen) atoms. The number of thioether (sulfide) groups is 1. The highest BCUT2D eigenvalue weighted by atomic mass is 32.2. The zero-order valence-corrected chi connectivity index (χ0v) is 17.0. The summed E-state index contributed by atoms with van der Waals surface area (Å²) in [6, 6.07) is 10.5. The summed E-state index contributed by atoms with van der Waals surface area (Å²) in [5.41, 5.74) is 1.56. The van der Waals surface area contributed by atoms with E-state index in [1.165, 1.54) is 6.07 Å². The molecule has 0 radical (unpaired) electrons. The first-order valence-corrected chi connectivity index (χ1v) is 10.2. The maximum absolute atomic E-state index is 13.7. The van der Waals surface area contributed by atoms with Crippen LogP contribution in [0.2, 0.25) is 0 Å². The third kappa shape index (κ3) is 4.61. The van der Waals surface area contributed by atoms with Gasteiger partial charge >= 0.3 is 0 Å². The van der Waals surface area contributed by atoms with Gasteiger partial charge in [-0.25, -0.2) is 13.5 Å². The van der Waals surface area contributed by atoms with Crippen LogP contribution in [0.1, 0.15) is 5.82 Å². The van der Waals surface area contributed by atoms with Crippen LogP contribution in [0.5, 0.6) is 0 Å².